The van der Waals surface area contributed by atoms with E-state index in [0.29, 0.717) is 30.8 Å². The number of Topliss-reactive ketones (excluding diaryl/α,β-unsaturated/α-hetero) is 1. The van der Waals surface area contributed by atoms with Crippen molar-refractivity contribution in [2.24, 2.45) is 0 Å². The van der Waals surface area contributed by atoms with Crippen LogP contribution in [0.15, 0.2) is 18.2 Å². The van der Waals surface area contributed by atoms with Gasteiger partial charge in [-0.2, -0.15) is 5.26 Å². The van der Waals surface area contributed by atoms with Crippen LogP contribution in [0.3, 0.4) is 0 Å². The summed E-state index contributed by atoms with van der Waals surface area (Å²) >= 11 is 0. The molecule has 0 aliphatic rings. The number of aryl methyl sites for hydroxylation is 1. The van der Waals surface area contributed by atoms with Gasteiger partial charge in [0.05, 0.1) is 25.3 Å². The Morgan fingerprint density at radius 1 is 1.47 bits per heavy atom. The van der Waals surface area contributed by atoms with Gasteiger partial charge in [-0.05, 0) is 31.2 Å². The summed E-state index contributed by atoms with van der Waals surface area (Å²) < 4.78 is 5.25. The molecule has 0 heterocycles. The number of nitrogens with zero attached hydrogens (tertiary/aromatic N) is 2. The fourth-order valence-corrected chi connectivity index (χ4v) is 1.87. The zero-order chi connectivity index (χ0) is 14.3. The molecule has 0 aliphatic heterocycles. The maximum Gasteiger partial charge on any atom is 0.180 e. The van der Waals surface area contributed by atoms with Crippen molar-refractivity contribution in [3.63, 3.8) is 0 Å². The van der Waals surface area contributed by atoms with Crippen molar-refractivity contribution in [1.29, 1.82) is 5.26 Å². The van der Waals surface area contributed by atoms with Crippen molar-refractivity contribution in [3.05, 3.63) is 29.3 Å². The fourth-order valence-electron chi connectivity index (χ4n) is 1.87. The zero-order valence-corrected chi connectivity index (χ0v) is 11.8. The molecule has 0 N–H and O–H groups in total. The Morgan fingerprint density at radius 2 is 2.21 bits per heavy atom. The number of carbonyl (C=O) groups excluding carboxylic acids is 1. The molecule has 0 aliphatic carbocycles. The Morgan fingerprint density at radius 3 is 2.79 bits per heavy atom. The highest BCUT2D eigenvalue weighted by molar-refractivity contribution is 6.00. The Kier molecular flexibility index (Phi) is 6.04. The third-order valence-corrected chi connectivity index (χ3v) is 3.01. The molecule has 0 radical (unpaired) electrons. The molecule has 0 atom stereocenters. The molecule has 4 heteroatoms. The van der Waals surface area contributed by atoms with Crippen LogP contribution >= 0.6 is 0 Å². The number of nitriles is 1. The summed E-state index contributed by atoms with van der Waals surface area (Å²) in [6, 6.07) is 7.66. The lowest BCUT2D eigenvalue weighted by atomic mass is 10.1. The van der Waals surface area contributed by atoms with E-state index < -0.39 is 0 Å². The highest BCUT2D eigenvalue weighted by Crippen LogP contribution is 2.20. The van der Waals surface area contributed by atoms with Crippen LogP contribution in [0.5, 0.6) is 5.75 Å². The topological polar surface area (TPSA) is 53.3 Å². The van der Waals surface area contributed by atoms with Crippen molar-refractivity contribution in [2.45, 2.75) is 20.3 Å². The normalized spacial score (nSPS) is 10.3. The monoisotopic (exact) mass is 260 g/mol. The van der Waals surface area contributed by atoms with Crippen molar-refractivity contribution in [2.75, 3.05) is 26.7 Å². The molecule has 1 aromatic rings. The van der Waals surface area contributed by atoms with Gasteiger partial charge in [0, 0.05) is 13.0 Å². The predicted molar refractivity (Wildman–Crippen MR) is 74.4 cm³/mol. The van der Waals surface area contributed by atoms with E-state index in [4.69, 9.17) is 10.00 Å². The van der Waals surface area contributed by atoms with Crippen molar-refractivity contribution in [1.82, 2.24) is 4.90 Å². The van der Waals surface area contributed by atoms with E-state index in [0.717, 1.165) is 12.1 Å². The van der Waals surface area contributed by atoms with Crippen LogP contribution < -0.4 is 4.74 Å². The average molecular weight is 260 g/mol. The molecule has 0 spiro atoms. The van der Waals surface area contributed by atoms with Gasteiger partial charge in [0.1, 0.15) is 5.75 Å². The molecular weight excluding hydrogens is 240 g/mol. The molecule has 1 aromatic carbocycles. The molecule has 0 bridgehead atoms. The lowest BCUT2D eigenvalue weighted by molar-refractivity contribution is 0.0932. The quantitative estimate of drug-likeness (QED) is 0.706. The Hall–Kier alpha value is -1.86. The number of benzene rings is 1. The van der Waals surface area contributed by atoms with Crippen LogP contribution in [0.2, 0.25) is 0 Å². The second-order valence-corrected chi connectivity index (χ2v) is 4.40. The molecule has 19 heavy (non-hydrogen) atoms. The second-order valence-electron chi connectivity index (χ2n) is 4.40. The van der Waals surface area contributed by atoms with Gasteiger partial charge < -0.3 is 4.74 Å². The van der Waals surface area contributed by atoms with Gasteiger partial charge in [0.15, 0.2) is 5.78 Å². The zero-order valence-electron chi connectivity index (χ0n) is 11.8. The number of carbonyl (C=O) groups is 1. The lowest BCUT2D eigenvalue weighted by Crippen LogP contribution is -2.30. The highest BCUT2D eigenvalue weighted by Gasteiger charge is 2.15. The third kappa shape index (κ3) is 4.38. The first-order valence-corrected chi connectivity index (χ1v) is 6.39. The van der Waals surface area contributed by atoms with Crippen LogP contribution in [0, 0.1) is 18.3 Å². The Bertz CT molecular complexity index is 478. The number of rotatable bonds is 7. The summed E-state index contributed by atoms with van der Waals surface area (Å²) in [4.78, 5) is 14.2. The first-order chi connectivity index (χ1) is 9.12. The van der Waals surface area contributed by atoms with E-state index in [-0.39, 0.29) is 5.78 Å². The number of likely N-dealkylation sites (N-methyl/N-ethyl adjacent to an activating group) is 1. The first-order valence-electron chi connectivity index (χ1n) is 6.39. The van der Waals surface area contributed by atoms with Crippen LogP contribution in [0.1, 0.15) is 29.3 Å². The predicted octanol–water partition coefficient (Wildman–Crippen LogP) is 2.42. The van der Waals surface area contributed by atoms with E-state index >= 15 is 0 Å². The number of hydrogen-bond acceptors (Lipinski definition) is 4. The van der Waals surface area contributed by atoms with Crippen molar-refractivity contribution in [3.8, 4) is 11.8 Å². The van der Waals surface area contributed by atoms with Crippen LogP contribution in [-0.2, 0) is 0 Å². The highest BCUT2D eigenvalue weighted by atomic mass is 16.5. The maximum atomic E-state index is 12.3. The lowest BCUT2D eigenvalue weighted by Gasteiger charge is -2.18. The third-order valence-electron chi connectivity index (χ3n) is 3.01. The average Bonchev–Trinajstić information content (AvgIpc) is 2.42. The van der Waals surface area contributed by atoms with E-state index in [1.165, 1.54) is 0 Å². The van der Waals surface area contributed by atoms with E-state index in [2.05, 4.69) is 6.07 Å². The molecule has 4 nitrogen and oxygen atoms in total. The minimum Gasteiger partial charge on any atom is -0.496 e. The summed E-state index contributed by atoms with van der Waals surface area (Å²) in [5, 5.41) is 8.59. The second kappa shape index (κ2) is 7.55. The molecule has 0 amide bonds. The summed E-state index contributed by atoms with van der Waals surface area (Å²) in [5.74, 6) is 0.637. The molecular formula is C15H20N2O2. The summed E-state index contributed by atoms with van der Waals surface area (Å²) in [6.45, 7) is 5.63. The minimum atomic E-state index is 0.0247. The van der Waals surface area contributed by atoms with Gasteiger partial charge in [0.25, 0.3) is 0 Å². The van der Waals surface area contributed by atoms with E-state index in [9.17, 15) is 4.79 Å². The SMILES string of the molecule is CCN(CCC#N)CC(=O)c1ccc(C)cc1OC. The smallest absolute Gasteiger partial charge is 0.180 e. The van der Waals surface area contributed by atoms with Gasteiger partial charge >= 0.3 is 0 Å². The summed E-state index contributed by atoms with van der Waals surface area (Å²) in [5.41, 5.74) is 1.66. The number of hydrogen-bond donors (Lipinski definition) is 0. The Balaban J connectivity index is 2.80. The van der Waals surface area contributed by atoms with Gasteiger partial charge in [0.2, 0.25) is 0 Å². The number of methoxy groups -OCH3 is 1. The number of ketones is 1. The first kappa shape index (κ1) is 15.2. The molecule has 0 aromatic heterocycles. The molecule has 0 fully saturated rings. The standard InChI is InChI=1S/C15H20N2O2/c1-4-17(9-5-8-16)11-14(18)13-7-6-12(2)10-15(13)19-3/h6-7,10H,4-5,9,11H2,1-3H3. The van der Waals surface area contributed by atoms with Gasteiger partial charge in [-0.15, -0.1) is 0 Å². The molecule has 102 valence electrons. The fraction of sp³-hybridized carbons (Fsp3) is 0.467. The molecule has 1 rings (SSSR count). The van der Waals surface area contributed by atoms with Gasteiger partial charge in [-0.3, -0.25) is 9.69 Å². The molecule has 0 saturated carbocycles. The van der Waals surface area contributed by atoms with Crippen LogP contribution in [0.25, 0.3) is 0 Å². The number of ether oxygens (including phenoxy) is 1. The van der Waals surface area contributed by atoms with E-state index in [1.54, 1.807) is 13.2 Å². The minimum absolute atomic E-state index is 0.0247. The largest absolute Gasteiger partial charge is 0.496 e. The van der Waals surface area contributed by atoms with Crippen molar-refractivity contribution < 1.29 is 9.53 Å². The van der Waals surface area contributed by atoms with Gasteiger partial charge in [-0.25, -0.2) is 0 Å². The van der Waals surface area contributed by atoms with E-state index in [1.807, 2.05) is 30.9 Å². The van der Waals surface area contributed by atoms with Crippen LogP contribution in [-0.4, -0.2) is 37.4 Å². The van der Waals surface area contributed by atoms with Crippen molar-refractivity contribution >= 4 is 5.78 Å². The maximum absolute atomic E-state index is 12.3. The summed E-state index contributed by atoms with van der Waals surface area (Å²) in [7, 11) is 1.57. The Labute approximate surface area is 114 Å². The molecule has 0 unspecified atom stereocenters. The molecule has 0 saturated heterocycles. The van der Waals surface area contributed by atoms with Crippen LogP contribution in [0.4, 0.5) is 0 Å². The summed E-state index contributed by atoms with van der Waals surface area (Å²) in [6.07, 6.45) is 0.437. The van der Waals surface area contributed by atoms with Gasteiger partial charge in [-0.1, -0.05) is 13.0 Å².